The first kappa shape index (κ1) is 17.7. The lowest BCUT2D eigenvalue weighted by atomic mass is 9.48. The molecule has 2 aliphatic carbocycles. The first-order valence-corrected chi connectivity index (χ1v) is 9.41. The van der Waals surface area contributed by atoms with Crippen molar-refractivity contribution in [1.29, 1.82) is 0 Å². The van der Waals surface area contributed by atoms with Crippen molar-refractivity contribution in [2.24, 2.45) is 17.3 Å². The predicted molar refractivity (Wildman–Crippen MR) is 92.3 cm³/mol. The van der Waals surface area contributed by atoms with E-state index in [4.69, 9.17) is 14.5 Å². The molecule has 140 valence electrons. The lowest BCUT2D eigenvalue weighted by Crippen LogP contribution is -2.63. The molecule has 0 aromatic carbocycles. The second kappa shape index (κ2) is 5.40. The van der Waals surface area contributed by atoms with E-state index >= 15 is 0 Å². The van der Waals surface area contributed by atoms with Crippen LogP contribution in [0.4, 0.5) is 0 Å². The summed E-state index contributed by atoms with van der Waals surface area (Å²) in [6.45, 7) is 10.1. The molecule has 5 heteroatoms. The molecule has 0 aromatic heterocycles. The number of rotatable bonds is 2. The van der Waals surface area contributed by atoms with Gasteiger partial charge in [-0.05, 0) is 69.9 Å². The van der Waals surface area contributed by atoms with Gasteiger partial charge in [0.05, 0.1) is 18.3 Å². The molecule has 1 saturated heterocycles. The van der Waals surface area contributed by atoms with Gasteiger partial charge in [0, 0.05) is 5.41 Å². The van der Waals surface area contributed by atoms with Gasteiger partial charge in [-0.15, -0.1) is 0 Å². The first-order valence-electron chi connectivity index (χ1n) is 9.41. The van der Waals surface area contributed by atoms with Gasteiger partial charge in [-0.2, -0.15) is 4.89 Å². The van der Waals surface area contributed by atoms with E-state index in [1.165, 1.54) is 5.57 Å². The Morgan fingerprint density at radius 1 is 1.20 bits per heavy atom. The van der Waals surface area contributed by atoms with Crippen LogP contribution in [0.1, 0.15) is 52.9 Å². The average Bonchev–Trinajstić information content (AvgIpc) is 3.22. The number of aliphatic hydroxyl groups excluding tert-OH is 1. The van der Waals surface area contributed by atoms with Crippen LogP contribution in [0, 0.1) is 17.3 Å². The van der Waals surface area contributed by atoms with Gasteiger partial charge < -0.3 is 14.9 Å². The maximum Gasteiger partial charge on any atom is 0.224 e. The fourth-order valence-corrected chi connectivity index (χ4v) is 5.08. The van der Waals surface area contributed by atoms with Crippen LogP contribution in [0.2, 0.25) is 0 Å². The summed E-state index contributed by atoms with van der Waals surface area (Å²) in [6, 6.07) is 0. The minimum atomic E-state index is -1.48. The third-order valence-corrected chi connectivity index (χ3v) is 7.34. The number of aliphatic hydroxyl groups is 2. The zero-order chi connectivity index (χ0) is 18.1. The molecule has 2 heterocycles. The highest BCUT2D eigenvalue weighted by Crippen LogP contribution is 2.64. The molecule has 7 unspecified atom stereocenters. The zero-order valence-electron chi connectivity index (χ0n) is 15.5. The molecule has 0 radical (unpaired) electrons. The summed E-state index contributed by atoms with van der Waals surface area (Å²) < 4.78 is 5.92. The Balaban J connectivity index is 1.58. The van der Waals surface area contributed by atoms with Gasteiger partial charge in [0.2, 0.25) is 5.79 Å². The highest BCUT2D eigenvalue weighted by Gasteiger charge is 2.65. The number of fused-ring (bicyclic) bond motifs is 2. The van der Waals surface area contributed by atoms with Crippen molar-refractivity contribution in [3.8, 4) is 0 Å². The van der Waals surface area contributed by atoms with Gasteiger partial charge in [-0.1, -0.05) is 19.1 Å². The number of hydrogen-bond donors (Lipinski definition) is 2. The summed E-state index contributed by atoms with van der Waals surface area (Å²) in [6.07, 6.45) is 8.58. The predicted octanol–water partition coefficient (Wildman–Crippen LogP) is 2.87. The summed E-state index contributed by atoms with van der Waals surface area (Å²) >= 11 is 0. The fraction of sp³-hybridized carbons (Fsp3) is 0.800. The van der Waals surface area contributed by atoms with Crippen molar-refractivity contribution in [1.82, 2.24) is 0 Å². The van der Waals surface area contributed by atoms with Crippen molar-refractivity contribution in [2.45, 2.75) is 76.0 Å². The van der Waals surface area contributed by atoms with E-state index in [1.54, 1.807) is 19.1 Å². The molecular weight excluding hydrogens is 320 g/mol. The van der Waals surface area contributed by atoms with Crippen LogP contribution >= 0.6 is 0 Å². The van der Waals surface area contributed by atoms with Crippen molar-refractivity contribution >= 4 is 0 Å². The van der Waals surface area contributed by atoms with Gasteiger partial charge in [0.1, 0.15) is 5.60 Å². The smallest absolute Gasteiger partial charge is 0.224 e. The summed E-state index contributed by atoms with van der Waals surface area (Å²) in [5, 5.41) is 20.6. The van der Waals surface area contributed by atoms with Crippen molar-refractivity contribution in [2.75, 3.05) is 6.61 Å². The van der Waals surface area contributed by atoms with Crippen LogP contribution in [0.3, 0.4) is 0 Å². The molecule has 0 spiro atoms. The minimum Gasteiger partial charge on any atom is -0.393 e. The van der Waals surface area contributed by atoms with Crippen LogP contribution in [0.25, 0.3) is 0 Å². The van der Waals surface area contributed by atoms with Gasteiger partial charge in [0.15, 0.2) is 0 Å². The van der Waals surface area contributed by atoms with Crippen LogP contribution in [-0.2, 0) is 14.5 Å². The molecule has 7 atom stereocenters. The second-order valence-corrected chi connectivity index (χ2v) is 9.16. The Hall–Kier alpha value is -0.720. The molecule has 5 nitrogen and oxygen atoms in total. The zero-order valence-corrected chi connectivity index (χ0v) is 15.5. The van der Waals surface area contributed by atoms with Gasteiger partial charge >= 0.3 is 0 Å². The minimum absolute atomic E-state index is 0.0104. The summed E-state index contributed by atoms with van der Waals surface area (Å²) in [5.74, 6) is -0.795. The van der Waals surface area contributed by atoms with E-state index in [1.807, 2.05) is 0 Å². The molecule has 3 fully saturated rings. The summed E-state index contributed by atoms with van der Waals surface area (Å²) in [7, 11) is 0. The highest BCUT2D eigenvalue weighted by atomic mass is 17.2. The van der Waals surface area contributed by atoms with Crippen LogP contribution in [0.5, 0.6) is 0 Å². The second-order valence-electron chi connectivity index (χ2n) is 9.16. The average molecular weight is 350 g/mol. The molecule has 0 bridgehead atoms. The first-order chi connectivity index (χ1) is 11.6. The largest absolute Gasteiger partial charge is 0.393 e. The van der Waals surface area contributed by atoms with E-state index in [0.29, 0.717) is 12.0 Å². The van der Waals surface area contributed by atoms with Crippen LogP contribution in [-0.4, -0.2) is 39.9 Å². The molecule has 4 aliphatic rings. The molecular formula is C20H30O5. The quantitative estimate of drug-likeness (QED) is 0.455. The van der Waals surface area contributed by atoms with Crippen molar-refractivity contribution in [3.05, 3.63) is 24.3 Å². The summed E-state index contributed by atoms with van der Waals surface area (Å²) in [4.78, 5) is 10.8. The van der Waals surface area contributed by atoms with Crippen molar-refractivity contribution in [3.63, 3.8) is 0 Å². The topological polar surface area (TPSA) is 71.5 Å². The van der Waals surface area contributed by atoms with Crippen molar-refractivity contribution < 1.29 is 24.7 Å². The Kier molecular flexibility index (Phi) is 3.82. The Morgan fingerprint density at radius 3 is 2.60 bits per heavy atom. The maximum absolute atomic E-state index is 11.2. The van der Waals surface area contributed by atoms with E-state index < -0.39 is 16.8 Å². The maximum atomic E-state index is 11.2. The molecule has 0 aromatic rings. The van der Waals surface area contributed by atoms with E-state index in [9.17, 15) is 10.2 Å². The standard InChI is InChI=1S/C20H30O5/c1-13-5-6-16-19(4,23-16)8-7-15-14(13)11-18(15,3)20(22)10-9-17(2,12-21)24-25-20/h9-10,14-16,21-22H,1,5-8,11-12H2,2-4H3. The fourth-order valence-electron chi connectivity index (χ4n) is 5.08. The Labute approximate surface area is 149 Å². The molecule has 25 heavy (non-hydrogen) atoms. The summed E-state index contributed by atoms with van der Waals surface area (Å²) in [5.41, 5.74) is -0.0922. The molecule has 2 saturated carbocycles. The van der Waals surface area contributed by atoms with Crippen LogP contribution < -0.4 is 0 Å². The van der Waals surface area contributed by atoms with Crippen LogP contribution in [0.15, 0.2) is 24.3 Å². The monoisotopic (exact) mass is 350 g/mol. The lowest BCUT2D eigenvalue weighted by molar-refractivity contribution is -0.481. The molecule has 2 aliphatic heterocycles. The number of allylic oxidation sites excluding steroid dienone is 1. The number of hydrogen-bond acceptors (Lipinski definition) is 5. The third-order valence-electron chi connectivity index (χ3n) is 7.34. The van der Waals surface area contributed by atoms with Gasteiger partial charge in [0.25, 0.3) is 0 Å². The third kappa shape index (κ3) is 2.55. The Bertz CT molecular complexity index is 617. The normalized spacial score (nSPS) is 55.2. The number of ether oxygens (including phenoxy) is 1. The molecule has 4 rings (SSSR count). The van der Waals surface area contributed by atoms with Gasteiger partial charge in [-0.3, -0.25) is 0 Å². The Morgan fingerprint density at radius 2 is 1.96 bits per heavy atom. The lowest BCUT2D eigenvalue weighted by Gasteiger charge is -2.60. The molecule has 0 amide bonds. The van der Waals surface area contributed by atoms with E-state index in [0.717, 1.165) is 32.1 Å². The SMILES string of the molecule is C=C1CCC2OC2(C)CCC2C1CC2(C)C1(O)C=CC(C)(CO)OO1. The number of epoxide rings is 1. The van der Waals surface area contributed by atoms with E-state index in [2.05, 4.69) is 20.4 Å². The molecule has 2 N–H and O–H groups in total. The highest BCUT2D eigenvalue weighted by molar-refractivity contribution is 5.23. The van der Waals surface area contributed by atoms with Gasteiger partial charge in [-0.25, -0.2) is 4.89 Å². The van der Waals surface area contributed by atoms with E-state index in [-0.39, 0.29) is 18.1 Å².